The lowest BCUT2D eigenvalue weighted by atomic mass is 9.75. The van der Waals surface area contributed by atoms with Gasteiger partial charge in [-0.3, -0.25) is 9.69 Å². The molecular weight excluding hydrogens is 334 g/mol. The van der Waals surface area contributed by atoms with Crippen LogP contribution in [0.1, 0.15) is 36.3 Å². The van der Waals surface area contributed by atoms with Crippen molar-refractivity contribution in [2.24, 2.45) is 5.73 Å². The summed E-state index contributed by atoms with van der Waals surface area (Å²) in [6, 6.07) is 20.0. The lowest BCUT2D eigenvalue weighted by Crippen LogP contribution is -2.38. The Morgan fingerprint density at radius 3 is 2.44 bits per heavy atom. The maximum atomic E-state index is 13.0. The summed E-state index contributed by atoms with van der Waals surface area (Å²) < 4.78 is 0. The van der Waals surface area contributed by atoms with Crippen molar-refractivity contribution in [3.63, 3.8) is 0 Å². The summed E-state index contributed by atoms with van der Waals surface area (Å²) in [5.41, 5.74) is 11.6. The van der Waals surface area contributed by atoms with Gasteiger partial charge in [-0.2, -0.15) is 5.26 Å². The van der Waals surface area contributed by atoms with Crippen LogP contribution in [-0.2, 0) is 4.79 Å². The zero-order valence-corrected chi connectivity index (χ0v) is 15.3. The molecule has 0 radical (unpaired) electrons. The molecule has 4 nitrogen and oxygen atoms in total. The highest BCUT2D eigenvalue weighted by molar-refractivity contribution is 6.01. The van der Waals surface area contributed by atoms with Gasteiger partial charge in [-0.25, -0.2) is 0 Å². The van der Waals surface area contributed by atoms with Gasteiger partial charge in [0.2, 0.25) is 0 Å². The Hall–Kier alpha value is -3.32. The van der Waals surface area contributed by atoms with Gasteiger partial charge in [0.05, 0.1) is 17.6 Å². The van der Waals surface area contributed by atoms with Crippen molar-refractivity contribution in [3.05, 3.63) is 88.4 Å². The molecule has 0 saturated carbocycles. The molecule has 1 aliphatic carbocycles. The molecule has 0 bridgehead atoms. The van der Waals surface area contributed by atoms with Crippen molar-refractivity contribution in [3.8, 4) is 6.07 Å². The van der Waals surface area contributed by atoms with Crippen LogP contribution in [0.4, 0.5) is 5.69 Å². The molecule has 2 aromatic carbocycles. The number of ketones is 1. The van der Waals surface area contributed by atoms with Crippen LogP contribution >= 0.6 is 0 Å². The van der Waals surface area contributed by atoms with Crippen molar-refractivity contribution in [1.29, 1.82) is 5.26 Å². The van der Waals surface area contributed by atoms with Gasteiger partial charge in [-0.15, -0.1) is 0 Å². The Labute approximate surface area is 159 Å². The number of nitrogens with two attached hydrogens (primary N) is 1. The molecule has 0 fully saturated rings. The quantitative estimate of drug-likeness (QED) is 0.872. The van der Waals surface area contributed by atoms with Crippen LogP contribution in [0.5, 0.6) is 0 Å². The number of carbonyl (C=O) groups excluding carboxylic acids is 1. The van der Waals surface area contributed by atoms with Gasteiger partial charge in [0.1, 0.15) is 5.82 Å². The topological polar surface area (TPSA) is 70.1 Å². The molecule has 2 aromatic rings. The van der Waals surface area contributed by atoms with Crippen LogP contribution < -0.4 is 10.6 Å². The number of nitrogens with zero attached hydrogens (tertiary/aromatic N) is 2. The first-order valence-electron chi connectivity index (χ1n) is 9.19. The molecule has 0 saturated heterocycles. The summed E-state index contributed by atoms with van der Waals surface area (Å²) in [5.74, 6) is 0.143. The molecule has 0 amide bonds. The highest BCUT2D eigenvalue weighted by Crippen LogP contribution is 2.46. The number of benzene rings is 2. The molecule has 2 N–H and O–H groups in total. The molecule has 0 spiro atoms. The van der Waals surface area contributed by atoms with Gasteiger partial charge >= 0.3 is 0 Å². The number of carbonyl (C=O) groups is 1. The van der Waals surface area contributed by atoms with E-state index < -0.39 is 5.92 Å². The van der Waals surface area contributed by atoms with E-state index in [0.717, 1.165) is 40.9 Å². The smallest absolute Gasteiger partial charge is 0.161 e. The molecule has 27 heavy (non-hydrogen) atoms. The maximum absolute atomic E-state index is 13.0. The average molecular weight is 355 g/mol. The molecule has 2 aliphatic rings. The Balaban J connectivity index is 1.96. The van der Waals surface area contributed by atoms with Gasteiger partial charge in [-0.1, -0.05) is 48.0 Å². The first-order chi connectivity index (χ1) is 13.1. The van der Waals surface area contributed by atoms with Crippen LogP contribution in [0.3, 0.4) is 0 Å². The van der Waals surface area contributed by atoms with Crippen molar-refractivity contribution >= 4 is 11.5 Å². The highest BCUT2D eigenvalue weighted by atomic mass is 16.1. The second-order valence-electron chi connectivity index (χ2n) is 7.06. The lowest BCUT2D eigenvalue weighted by molar-refractivity contribution is -0.116. The minimum absolute atomic E-state index is 0.114. The maximum Gasteiger partial charge on any atom is 0.161 e. The Morgan fingerprint density at radius 2 is 1.78 bits per heavy atom. The highest BCUT2D eigenvalue weighted by Gasteiger charge is 2.40. The molecule has 134 valence electrons. The van der Waals surface area contributed by atoms with Crippen molar-refractivity contribution in [2.75, 3.05) is 4.90 Å². The summed E-state index contributed by atoms with van der Waals surface area (Å²) in [7, 11) is 0. The number of para-hydroxylation sites is 1. The van der Waals surface area contributed by atoms with Crippen LogP contribution in [0.2, 0.25) is 0 Å². The lowest BCUT2D eigenvalue weighted by Gasteiger charge is -2.39. The van der Waals surface area contributed by atoms with Crippen molar-refractivity contribution in [2.45, 2.75) is 32.1 Å². The van der Waals surface area contributed by atoms with E-state index in [9.17, 15) is 10.1 Å². The predicted octanol–water partition coefficient (Wildman–Crippen LogP) is 4.30. The summed E-state index contributed by atoms with van der Waals surface area (Å²) in [4.78, 5) is 14.9. The summed E-state index contributed by atoms with van der Waals surface area (Å²) in [6.45, 7) is 2.02. The fourth-order valence-electron chi connectivity index (χ4n) is 4.05. The third-order valence-electron chi connectivity index (χ3n) is 5.34. The standard InChI is InChI=1S/C23H21N3O/c1-15-10-12-16(13-11-15)21-18(14-24)23(25)26(17-6-3-2-4-7-17)19-8-5-9-20(27)22(19)21/h2-4,6-7,10-13,21H,5,8-9,25H2,1H3. The molecular formula is C23H21N3O. The predicted molar refractivity (Wildman–Crippen MR) is 106 cm³/mol. The number of rotatable bonds is 2. The zero-order valence-electron chi connectivity index (χ0n) is 15.3. The van der Waals surface area contributed by atoms with E-state index in [1.165, 1.54) is 0 Å². The van der Waals surface area contributed by atoms with E-state index in [4.69, 9.17) is 5.73 Å². The SMILES string of the molecule is Cc1ccc(C2C(C#N)=C(N)N(c3ccccc3)C3=C2C(=O)CCC3)cc1. The molecule has 1 atom stereocenters. The van der Waals surface area contributed by atoms with Crippen molar-refractivity contribution < 1.29 is 4.79 Å². The summed E-state index contributed by atoms with van der Waals surface area (Å²) >= 11 is 0. The third kappa shape index (κ3) is 2.82. The van der Waals surface area contributed by atoms with Crippen LogP contribution in [0.25, 0.3) is 0 Å². The number of nitriles is 1. The molecule has 0 aromatic heterocycles. The van der Waals surface area contributed by atoms with Gasteiger partial charge in [-0.05, 0) is 37.5 Å². The van der Waals surface area contributed by atoms with Gasteiger partial charge in [0, 0.05) is 23.4 Å². The Morgan fingerprint density at radius 1 is 1.07 bits per heavy atom. The minimum Gasteiger partial charge on any atom is -0.384 e. The Kier molecular flexibility index (Phi) is 4.29. The number of aryl methyl sites for hydroxylation is 1. The van der Waals surface area contributed by atoms with Gasteiger partial charge in [0.15, 0.2) is 5.78 Å². The second-order valence-corrected chi connectivity index (χ2v) is 7.06. The fourth-order valence-corrected chi connectivity index (χ4v) is 4.05. The van der Waals surface area contributed by atoms with Crippen LogP contribution in [-0.4, -0.2) is 5.78 Å². The third-order valence-corrected chi connectivity index (χ3v) is 5.34. The van der Waals surface area contributed by atoms with E-state index in [1.807, 2.05) is 66.4 Å². The van der Waals surface area contributed by atoms with E-state index in [-0.39, 0.29) is 5.78 Å². The van der Waals surface area contributed by atoms with Crippen molar-refractivity contribution in [1.82, 2.24) is 0 Å². The number of allylic oxidation sites excluding steroid dienone is 3. The summed E-state index contributed by atoms with van der Waals surface area (Å²) in [6.07, 6.45) is 2.09. The molecule has 1 heterocycles. The first-order valence-corrected chi connectivity index (χ1v) is 9.19. The van der Waals surface area contributed by atoms with Crippen LogP contribution in [0, 0.1) is 18.3 Å². The molecule has 4 rings (SSSR count). The molecule has 1 unspecified atom stereocenters. The monoisotopic (exact) mass is 355 g/mol. The minimum atomic E-state index is -0.390. The van der Waals surface area contributed by atoms with Gasteiger partial charge in [0.25, 0.3) is 0 Å². The second kappa shape index (κ2) is 6.77. The van der Waals surface area contributed by atoms with E-state index in [0.29, 0.717) is 17.8 Å². The number of Topliss-reactive ketones (excluding diaryl/α,β-unsaturated/α-hetero) is 1. The fraction of sp³-hybridized carbons (Fsp3) is 0.217. The normalized spacial score (nSPS) is 19.8. The number of hydrogen-bond acceptors (Lipinski definition) is 4. The Bertz CT molecular complexity index is 994. The largest absolute Gasteiger partial charge is 0.384 e. The zero-order chi connectivity index (χ0) is 19.0. The van der Waals surface area contributed by atoms with E-state index >= 15 is 0 Å². The first kappa shape index (κ1) is 17.1. The van der Waals surface area contributed by atoms with Gasteiger partial charge < -0.3 is 5.73 Å². The van der Waals surface area contributed by atoms with Crippen LogP contribution in [0.15, 0.2) is 77.3 Å². The molecule has 1 aliphatic heterocycles. The average Bonchev–Trinajstić information content (AvgIpc) is 2.69. The number of anilines is 1. The summed E-state index contributed by atoms with van der Waals surface area (Å²) in [5, 5.41) is 9.94. The van der Waals surface area contributed by atoms with E-state index in [1.54, 1.807) is 0 Å². The molecule has 4 heteroatoms. The number of hydrogen-bond donors (Lipinski definition) is 1. The van der Waals surface area contributed by atoms with E-state index in [2.05, 4.69) is 6.07 Å².